The number of pyridine rings is 1. The molecule has 1 heterocycles. The van der Waals surface area contributed by atoms with E-state index in [1.807, 2.05) is 0 Å². The highest BCUT2D eigenvalue weighted by molar-refractivity contribution is 14.0. The summed E-state index contributed by atoms with van der Waals surface area (Å²) in [5, 5.41) is 6.54. The first-order chi connectivity index (χ1) is 11.5. The molecule has 0 amide bonds. The first-order valence-electron chi connectivity index (χ1n) is 8.08. The van der Waals surface area contributed by atoms with Crippen molar-refractivity contribution >= 4 is 29.9 Å². The van der Waals surface area contributed by atoms with Crippen LogP contribution in [0.4, 0.5) is 13.2 Å². The highest BCUT2D eigenvalue weighted by atomic mass is 127. The van der Waals surface area contributed by atoms with Gasteiger partial charge in [-0.3, -0.25) is 4.99 Å². The molecule has 0 radical (unpaired) electrons. The van der Waals surface area contributed by atoms with Crippen LogP contribution >= 0.6 is 24.0 Å². The van der Waals surface area contributed by atoms with Gasteiger partial charge in [-0.2, -0.15) is 13.2 Å². The quantitative estimate of drug-likeness (QED) is 0.391. The molecule has 0 spiro atoms. The summed E-state index contributed by atoms with van der Waals surface area (Å²) < 4.78 is 41.2. The van der Waals surface area contributed by atoms with Gasteiger partial charge in [0, 0.05) is 31.9 Å². The Bertz CT molecular complexity index is 548. The maximum Gasteiger partial charge on any atom is 0.422 e. The lowest BCUT2D eigenvalue weighted by Gasteiger charge is -2.24. The zero-order chi connectivity index (χ0) is 17.4. The molecule has 1 aliphatic carbocycles. The third kappa shape index (κ3) is 8.59. The molecule has 1 aliphatic rings. The Kier molecular flexibility index (Phi) is 9.30. The summed E-state index contributed by atoms with van der Waals surface area (Å²) in [5.74, 6) is 0.651. The van der Waals surface area contributed by atoms with Crippen LogP contribution in [-0.4, -0.2) is 36.8 Å². The van der Waals surface area contributed by atoms with Crippen LogP contribution in [0.5, 0.6) is 5.88 Å². The van der Waals surface area contributed by atoms with Crippen LogP contribution in [0, 0.1) is 0 Å². The van der Waals surface area contributed by atoms with Crippen molar-refractivity contribution in [1.82, 2.24) is 15.6 Å². The average molecular weight is 472 g/mol. The van der Waals surface area contributed by atoms with Gasteiger partial charge in [-0.1, -0.05) is 19.3 Å². The lowest BCUT2D eigenvalue weighted by Crippen LogP contribution is -2.43. The van der Waals surface area contributed by atoms with Crippen molar-refractivity contribution in [3.8, 4) is 5.88 Å². The van der Waals surface area contributed by atoms with Gasteiger partial charge in [0.25, 0.3) is 0 Å². The molecule has 1 aromatic rings. The summed E-state index contributed by atoms with van der Waals surface area (Å²) in [5.41, 5.74) is 0.772. The van der Waals surface area contributed by atoms with Gasteiger partial charge in [0.15, 0.2) is 12.6 Å². The molecule has 1 aromatic heterocycles. The Labute approximate surface area is 162 Å². The van der Waals surface area contributed by atoms with E-state index in [0.717, 1.165) is 18.4 Å². The number of rotatable bonds is 5. The van der Waals surface area contributed by atoms with Gasteiger partial charge in [0.05, 0.1) is 0 Å². The minimum Gasteiger partial charge on any atom is -0.468 e. The minimum absolute atomic E-state index is 0. The molecular weight excluding hydrogens is 448 g/mol. The highest BCUT2D eigenvalue weighted by Crippen LogP contribution is 2.18. The van der Waals surface area contributed by atoms with Crippen LogP contribution in [0.25, 0.3) is 0 Å². The molecule has 2 rings (SSSR count). The molecule has 0 saturated heterocycles. The predicted molar refractivity (Wildman–Crippen MR) is 101 cm³/mol. The number of nitrogens with zero attached hydrogens (tertiary/aromatic N) is 2. The van der Waals surface area contributed by atoms with Crippen LogP contribution in [0.3, 0.4) is 0 Å². The van der Waals surface area contributed by atoms with Crippen molar-refractivity contribution in [2.75, 3.05) is 13.7 Å². The average Bonchev–Trinajstić information content (AvgIpc) is 2.57. The number of guanidine groups is 1. The summed E-state index contributed by atoms with van der Waals surface area (Å²) in [6.07, 6.45) is 3.04. The van der Waals surface area contributed by atoms with Crippen molar-refractivity contribution < 1.29 is 17.9 Å². The largest absolute Gasteiger partial charge is 0.468 e. The molecule has 0 aromatic carbocycles. The monoisotopic (exact) mass is 472 g/mol. The third-order valence-corrected chi connectivity index (χ3v) is 3.81. The summed E-state index contributed by atoms with van der Waals surface area (Å²) in [7, 11) is 1.70. The van der Waals surface area contributed by atoms with E-state index in [2.05, 4.69) is 25.3 Å². The van der Waals surface area contributed by atoms with E-state index < -0.39 is 12.8 Å². The Morgan fingerprint density at radius 3 is 2.68 bits per heavy atom. The molecule has 0 aliphatic heterocycles. The van der Waals surface area contributed by atoms with Crippen molar-refractivity contribution in [1.29, 1.82) is 0 Å². The minimum atomic E-state index is -4.37. The Hall–Kier alpha value is -1.26. The van der Waals surface area contributed by atoms with E-state index in [-0.39, 0.29) is 29.9 Å². The molecule has 0 bridgehead atoms. The second-order valence-electron chi connectivity index (χ2n) is 5.81. The summed E-state index contributed by atoms with van der Waals surface area (Å²) >= 11 is 0. The lowest BCUT2D eigenvalue weighted by molar-refractivity contribution is -0.154. The highest BCUT2D eigenvalue weighted by Gasteiger charge is 2.28. The van der Waals surface area contributed by atoms with Crippen LogP contribution in [0.1, 0.15) is 37.7 Å². The van der Waals surface area contributed by atoms with Gasteiger partial charge in [-0.05, 0) is 24.5 Å². The van der Waals surface area contributed by atoms with E-state index >= 15 is 0 Å². The van der Waals surface area contributed by atoms with Gasteiger partial charge in [-0.15, -0.1) is 24.0 Å². The molecule has 0 unspecified atom stereocenters. The summed E-state index contributed by atoms with van der Waals surface area (Å²) in [4.78, 5) is 7.97. The number of ether oxygens (including phenoxy) is 1. The molecule has 9 heteroatoms. The van der Waals surface area contributed by atoms with E-state index in [4.69, 9.17) is 0 Å². The first-order valence-corrected chi connectivity index (χ1v) is 8.08. The van der Waals surface area contributed by atoms with Gasteiger partial charge >= 0.3 is 6.18 Å². The molecule has 2 N–H and O–H groups in total. The van der Waals surface area contributed by atoms with E-state index in [9.17, 15) is 13.2 Å². The fourth-order valence-electron chi connectivity index (χ4n) is 2.62. The topological polar surface area (TPSA) is 58.5 Å². The molecule has 1 fully saturated rings. The second kappa shape index (κ2) is 10.7. The van der Waals surface area contributed by atoms with Gasteiger partial charge in [0.1, 0.15) is 0 Å². The summed E-state index contributed by atoms with van der Waals surface area (Å²) in [6.45, 7) is -0.918. The Morgan fingerprint density at radius 1 is 1.32 bits per heavy atom. The number of nitrogens with one attached hydrogen (secondary N) is 2. The molecule has 1 saturated carbocycles. The van der Waals surface area contributed by atoms with Crippen molar-refractivity contribution in [2.24, 2.45) is 4.99 Å². The fourth-order valence-corrected chi connectivity index (χ4v) is 2.62. The standard InChI is InChI=1S/C16H23F3N4O.HI/c1-20-15(23-13-5-3-2-4-6-13)22-10-12-7-8-21-14(9-12)24-11-16(17,18)19;/h7-9,13H,2-6,10-11H2,1H3,(H2,20,22,23);1H. The van der Waals surface area contributed by atoms with Gasteiger partial charge < -0.3 is 15.4 Å². The van der Waals surface area contributed by atoms with Crippen LogP contribution in [-0.2, 0) is 6.54 Å². The zero-order valence-electron chi connectivity index (χ0n) is 14.1. The summed E-state index contributed by atoms with van der Waals surface area (Å²) in [6, 6.07) is 3.64. The third-order valence-electron chi connectivity index (χ3n) is 3.81. The zero-order valence-corrected chi connectivity index (χ0v) is 16.4. The van der Waals surface area contributed by atoms with Crippen LogP contribution in [0.2, 0.25) is 0 Å². The number of hydrogen-bond donors (Lipinski definition) is 2. The van der Waals surface area contributed by atoms with Gasteiger partial charge in [-0.25, -0.2) is 4.98 Å². The smallest absolute Gasteiger partial charge is 0.422 e. The second-order valence-corrected chi connectivity index (χ2v) is 5.81. The Balaban J connectivity index is 0.00000312. The molecule has 0 atom stereocenters. The number of hydrogen-bond acceptors (Lipinski definition) is 3. The number of aliphatic imine (C=N–C) groups is 1. The maximum atomic E-state index is 12.2. The fraction of sp³-hybridized carbons (Fsp3) is 0.625. The van der Waals surface area contributed by atoms with Gasteiger partial charge in [0.2, 0.25) is 5.88 Å². The van der Waals surface area contributed by atoms with Crippen molar-refractivity contribution in [3.63, 3.8) is 0 Å². The predicted octanol–water partition coefficient (Wildman–Crippen LogP) is 3.64. The van der Waals surface area contributed by atoms with Crippen molar-refractivity contribution in [3.05, 3.63) is 23.9 Å². The number of halogens is 4. The van der Waals surface area contributed by atoms with E-state index in [0.29, 0.717) is 18.5 Å². The molecular formula is C16H24F3IN4O. The normalized spacial score (nSPS) is 16.1. The van der Waals surface area contributed by atoms with E-state index in [1.165, 1.54) is 31.5 Å². The van der Waals surface area contributed by atoms with Crippen molar-refractivity contribution in [2.45, 2.75) is 50.9 Å². The SMILES string of the molecule is CN=C(NCc1ccnc(OCC(F)(F)F)c1)NC1CCCCC1.I. The number of aromatic nitrogens is 1. The maximum absolute atomic E-state index is 12.2. The molecule has 25 heavy (non-hydrogen) atoms. The van der Waals surface area contributed by atoms with Crippen LogP contribution in [0.15, 0.2) is 23.3 Å². The molecule has 5 nitrogen and oxygen atoms in total. The van der Waals surface area contributed by atoms with Crippen LogP contribution < -0.4 is 15.4 Å². The lowest BCUT2D eigenvalue weighted by atomic mass is 9.96. The number of alkyl halides is 3. The Morgan fingerprint density at radius 2 is 2.04 bits per heavy atom. The van der Waals surface area contributed by atoms with E-state index in [1.54, 1.807) is 13.1 Å². The molecule has 142 valence electrons. The first kappa shape index (κ1) is 21.8.